The number of aromatic nitrogens is 3. The van der Waals surface area contributed by atoms with E-state index in [-0.39, 0.29) is 40.8 Å². The van der Waals surface area contributed by atoms with Crippen LogP contribution in [-0.2, 0) is 4.74 Å². The largest absolute Gasteiger partial charge is 0.469 e. The molecule has 250 valence electrons. The fourth-order valence-corrected chi connectivity index (χ4v) is 6.30. The molecule has 3 N–H and O–H groups in total. The molecule has 3 aliphatic rings. The van der Waals surface area contributed by atoms with Crippen molar-refractivity contribution in [3.05, 3.63) is 47.9 Å². The van der Waals surface area contributed by atoms with E-state index in [1.165, 1.54) is 18.3 Å². The number of carbonyl (C=O) groups excluding carboxylic acids is 2. The van der Waals surface area contributed by atoms with Crippen LogP contribution in [0.1, 0.15) is 51.4 Å². The summed E-state index contributed by atoms with van der Waals surface area (Å²) >= 11 is 0. The van der Waals surface area contributed by atoms with Crippen molar-refractivity contribution in [2.24, 2.45) is 0 Å². The fourth-order valence-electron chi connectivity index (χ4n) is 6.30. The summed E-state index contributed by atoms with van der Waals surface area (Å²) < 4.78 is 27.6. The molecule has 2 fully saturated rings. The predicted molar refractivity (Wildman–Crippen MR) is 176 cm³/mol. The summed E-state index contributed by atoms with van der Waals surface area (Å²) in [7, 11) is 0. The molecule has 3 aliphatic heterocycles. The van der Waals surface area contributed by atoms with E-state index >= 15 is 4.39 Å². The molecule has 47 heavy (non-hydrogen) atoms. The van der Waals surface area contributed by atoms with Crippen LogP contribution >= 0.6 is 0 Å². The molecule has 3 atom stereocenters. The third-order valence-electron chi connectivity index (χ3n) is 8.66. The van der Waals surface area contributed by atoms with Gasteiger partial charge in [0.05, 0.1) is 55.2 Å². The quantitative estimate of drug-likeness (QED) is 0.357. The van der Waals surface area contributed by atoms with E-state index in [1.807, 2.05) is 44.4 Å². The number of morpholine rings is 1. The highest BCUT2D eigenvalue weighted by Gasteiger charge is 2.38. The molecule has 0 unspecified atom stereocenters. The second kappa shape index (κ2) is 12.9. The van der Waals surface area contributed by atoms with Crippen LogP contribution in [0.4, 0.5) is 32.3 Å². The number of rotatable bonds is 6. The number of aliphatic hydroxyl groups excluding tert-OH is 1. The lowest BCUT2D eigenvalue weighted by Gasteiger charge is -2.34. The van der Waals surface area contributed by atoms with Gasteiger partial charge in [-0.1, -0.05) is 6.07 Å². The number of aliphatic hydroxyl groups is 1. The normalized spacial score (nSPS) is 22.4. The van der Waals surface area contributed by atoms with Crippen LogP contribution in [0.5, 0.6) is 5.88 Å². The Balaban J connectivity index is 1.27. The number of anilines is 4. The predicted octanol–water partition coefficient (Wildman–Crippen LogP) is 4.14. The molecule has 0 aliphatic carbocycles. The van der Waals surface area contributed by atoms with Crippen molar-refractivity contribution in [2.45, 2.75) is 64.8 Å². The molecule has 5 heterocycles. The number of β-amino-alcohol motifs (C(OH)–C–C–N with tert-alkyl or cyclic N) is 1. The van der Waals surface area contributed by atoms with Crippen molar-refractivity contribution in [1.82, 2.24) is 19.9 Å². The Kier molecular flexibility index (Phi) is 8.90. The number of benzene rings is 1. The molecule has 0 saturated carbocycles. The van der Waals surface area contributed by atoms with Gasteiger partial charge in [-0.25, -0.2) is 19.2 Å². The van der Waals surface area contributed by atoms with Crippen molar-refractivity contribution < 1.29 is 28.6 Å². The number of nitrogens with one attached hydrogen (secondary N) is 2. The topological polar surface area (TPSA) is 145 Å². The van der Waals surface area contributed by atoms with Crippen LogP contribution < -0.4 is 25.2 Å². The van der Waals surface area contributed by atoms with Gasteiger partial charge in [0.15, 0.2) is 0 Å². The van der Waals surface area contributed by atoms with Crippen LogP contribution in [-0.4, -0.2) is 100 Å². The molecular weight excluding hydrogens is 607 g/mol. The first-order chi connectivity index (χ1) is 22.4. The van der Waals surface area contributed by atoms with Crippen LogP contribution in [0.25, 0.3) is 11.3 Å². The Labute approximate surface area is 273 Å². The van der Waals surface area contributed by atoms with Gasteiger partial charge in [-0.05, 0) is 65.3 Å². The van der Waals surface area contributed by atoms with Gasteiger partial charge in [0.25, 0.3) is 5.91 Å². The standard InChI is InChI=1S/C33H41FN8O5/c1-6-40-18-33(4,5)47-29-27(30(40)44)28(38-31(39-29)41-11-12-46-17-20(41)3)21-7-9-25(24(34)14-21)37-32(45)36-22-8-10-26(35-15-22)42-16-23(43)13-19(42)2/h7-10,14-15,19-20,23,43H,6,11-13,16-18H2,1-5H3,(H2,36,37,45)/t19-,20+,23+/m1/s1. The smallest absolute Gasteiger partial charge is 0.323 e. The van der Waals surface area contributed by atoms with Gasteiger partial charge < -0.3 is 39.9 Å². The number of pyridine rings is 1. The number of urea groups is 1. The maximum Gasteiger partial charge on any atom is 0.323 e. The zero-order valence-corrected chi connectivity index (χ0v) is 27.3. The average molecular weight is 649 g/mol. The van der Waals surface area contributed by atoms with Gasteiger partial charge in [0, 0.05) is 31.2 Å². The number of amides is 3. The zero-order valence-electron chi connectivity index (χ0n) is 27.3. The zero-order chi connectivity index (χ0) is 33.5. The summed E-state index contributed by atoms with van der Waals surface area (Å²) in [6.07, 6.45) is 1.78. The second-order valence-corrected chi connectivity index (χ2v) is 12.9. The van der Waals surface area contributed by atoms with Gasteiger partial charge in [-0.15, -0.1) is 0 Å². The monoisotopic (exact) mass is 648 g/mol. The molecule has 13 nitrogen and oxygen atoms in total. The van der Waals surface area contributed by atoms with Crippen molar-refractivity contribution in [3.63, 3.8) is 0 Å². The highest BCUT2D eigenvalue weighted by Crippen LogP contribution is 2.37. The maximum absolute atomic E-state index is 15.6. The fraction of sp³-hybridized carbons (Fsp3) is 0.485. The van der Waals surface area contributed by atoms with Gasteiger partial charge in [-0.2, -0.15) is 4.98 Å². The van der Waals surface area contributed by atoms with Crippen LogP contribution in [0.2, 0.25) is 0 Å². The lowest BCUT2D eigenvalue weighted by Crippen LogP contribution is -2.44. The maximum atomic E-state index is 15.6. The number of hydrogen-bond donors (Lipinski definition) is 3. The van der Waals surface area contributed by atoms with Crippen molar-refractivity contribution in [1.29, 1.82) is 0 Å². The molecule has 0 bridgehead atoms. The first kappa shape index (κ1) is 32.4. The lowest BCUT2D eigenvalue weighted by molar-refractivity contribution is 0.0541. The summed E-state index contributed by atoms with van der Waals surface area (Å²) in [5.74, 6) is 0.189. The van der Waals surface area contributed by atoms with E-state index in [0.29, 0.717) is 68.8 Å². The molecule has 3 amide bonds. The van der Waals surface area contributed by atoms with Crippen molar-refractivity contribution >= 4 is 35.1 Å². The van der Waals surface area contributed by atoms with Crippen molar-refractivity contribution in [3.8, 4) is 17.1 Å². The van der Waals surface area contributed by atoms with E-state index in [1.54, 1.807) is 23.1 Å². The number of ether oxygens (including phenoxy) is 2. The van der Waals surface area contributed by atoms with E-state index in [0.717, 1.165) is 0 Å². The van der Waals surface area contributed by atoms with E-state index in [9.17, 15) is 14.7 Å². The molecule has 3 aromatic rings. The SMILES string of the molecule is CCN1CC(C)(C)Oc2nc(N3CCOC[C@@H]3C)nc(-c3ccc(NC(=O)Nc4ccc(N5C[C@@H](O)C[C@H]5C)nc4)c(F)c3)c2C1=O. The number of fused-ring (bicyclic) bond motifs is 1. The lowest BCUT2D eigenvalue weighted by atomic mass is 10.0. The molecule has 1 aromatic carbocycles. The van der Waals surface area contributed by atoms with Crippen LogP contribution in [0.3, 0.4) is 0 Å². The molecule has 0 radical (unpaired) electrons. The van der Waals surface area contributed by atoms with Gasteiger partial charge in [-0.3, -0.25) is 4.79 Å². The minimum Gasteiger partial charge on any atom is -0.469 e. The third-order valence-corrected chi connectivity index (χ3v) is 8.66. The molecule has 2 saturated heterocycles. The van der Waals surface area contributed by atoms with E-state index < -0.39 is 23.6 Å². The summed E-state index contributed by atoms with van der Waals surface area (Å²) in [6.45, 7) is 12.5. The number of nitrogens with zero attached hydrogens (tertiary/aromatic N) is 6. The van der Waals surface area contributed by atoms with Crippen LogP contribution in [0, 0.1) is 5.82 Å². The molecule has 0 spiro atoms. The second-order valence-electron chi connectivity index (χ2n) is 12.9. The molecule has 14 heteroatoms. The summed E-state index contributed by atoms with van der Waals surface area (Å²) in [4.78, 5) is 46.3. The van der Waals surface area contributed by atoms with Crippen molar-refractivity contribution in [2.75, 3.05) is 59.8 Å². The Morgan fingerprint density at radius 2 is 1.94 bits per heavy atom. The minimum atomic E-state index is -0.728. The third kappa shape index (κ3) is 6.79. The van der Waals surface area contributed by atoms with Gasteiger partial charge in [0.1, 0.15) is 22.8 Å². The molecule has 6 rings (SSSR count). The average Bonchev–Trinajstić information content (AvgIpc) is 3.32. The first-order valence-electron chi connectivity index (χ1n) is 16.0. The first-order valence-corrected chi connectivity index (χ1v) is 16.0. The highest BCUT2D eigenvalue weighted by atomic mass is 19.1. The Bertz CT molecular complexity index is 1650. The Morgan fingerprint density at radius 1 is 1.13 bits per heavy atom. The summed E-state index contributed by atoms with van der Waals surface area (Å²) in [5, 5.41) is 15.2. The minimum absolute atomic E-state index is 0.0267. The number of hydrogen-bond acceptors (Lipinski definition) is 10. The summed E-state index contributed by atoms with van der Waals surface area (Å²) in [6, 6.07) is 7.22. The number of carbonyl (C=O) groups is 2. The highest BCUT2D eigenvalue weighted by molar-refractivity contribution is 6.03. The van der Waals surface area contributed by atoms with E-state index in [4.69, 9.17) is 19.4 Å². The van der Waals surface area contributed by atoms with E-state index in [2.05, 4.69) is 15.6 Å². The summed E-state index contributed by atoms with van der Waals surface area (Å²) in [5.41, 5.74) is 0.374. The van der Waals surface area contributed by atoms with Gasteiger partial charge >= 0.3 is 6.03 Å². The molecular formula is C33H41FN8O5. The van der Waals surface area contributed by atoms with Gasteiger partial charge in [0.2, 0.25) is 11.8 Å². The number of halogens is 1. The number of likely N-dealkylation sites (N-methyl/N-ethyl adjacent to an activating group) is 1. The van der Waals surface area contributed by atoms with Crippen LogP contribution in [0.15, 0.2) is 36.5 Å². The Hall–Kier alpha value is -4.56. The Morgan fingerprint density at radius 3 is 2.60 bits per heavy atom. The molecule has 2 aromatic heterocycles.